The molecule has 0 spiro atoms. The van der Waals surface area contributed by atoms with E-state index < -0.39 is 10.1 Å². The lowest BCUT2D eigenvalue weighted by atomic mass is 10.4. The highest BCUT2D eigenvalue weighted by Gasteiger charge is 2.04. The van der Waals surface area contributed by atoms with E-state index in [-0.39, 0.29) is 18.5 Å². The molecule has 0 aliphatic carbocycles. The zero-order valence-electron chi connectivity index (χ0n) is 6.36. The Kier molecular flexibility index (Phi) is 4.32. The van der Waals surface area contributed by atoms with Crippen molar-refractivity contribution in [1.82, 2.24) is 0 Å². The first kappa shape index (κ1) is 10.6. The van der Waals surface area contributed by atoms with Gasteiger partial charge in [0.25, 0.3) is 10.1 Å². The first-order chi connectivity index (χ1) is 4.95. The predicted octanol–water partition coefficient (Wildman–Crippen LogP) is 0.465. The fourth-order valence-electron chi connectivity index (χ4n) is 0.407. The van der Waals surface area contributed by atoms with Gasteiger partial charge < -0.3 is 4.74 Å². The molecule has 0 saturated carbocycles. The van der Waals surface area contributed by atoms with E-state index in [1.54, 1.807) is 13.0 Å². The van der Waals surface area contributed by atoms with E-state index in [2.05, 4.69) is 6.58 Å². The number of ether oxygens (including phenoxy) is 1. The summed E-state index contributed by atoms with van der Waals surface area (Å²) < 4.78 is 33.5. The second-order valence-electron chi connectivity index (χ2n) is 2.10. The standard InChI is InChI=1S/C6H12O4S/c1-3-6(2)10-4-5-11(7,8)9/h3,6H,1,4-5H2,2H3,(H,7,8,9). The summed E-state index contributed by atoms with van der Waals surface area (Å²) in [4.78, 5) is 0. The van der Waals surface area contributed by atoms with Crippen LogP contribution >= 0.6 is 0 Å². The summed E-state index contributed by atoms with van der Waals surface area (Å²) in [7, 11) is -3.89. The molecule has 0 amide bonds. The maximum absolute atomic E-state index is 10.2. The summed E-state index contributed by atoms with van der Waals surface area (Å²) in [5.41, 5.74) is 0. The SMILES string of the molecule is C=CC(C)OCCS(=O)(=O)O. The second kappa shape index (κ2) is 4.48. The molecule has 0 rings (SSSR count). The van der Waals surface area contributed by atoms with Crippen molar-refractivity contribution in [3.8, 4) is 0 Å². The molecule has 5 heteroatoms. The summed E-state index contributed by atoms with van der Waals surface area (Å²) in [5.74, 6) is -0.370. The third-order valence-corrected chi connectivity index (χ3v) is 1.74. The van der Waals surface area contributed by atoms with E-state index in [4.69, 9.17) is 9.29 Å². The van der Waals surface area contributed by atoms with Gasteiger partial charge in [-0.2, -0.15) is 8.42 Å². The maximum Gasteiger partial charge on any atom is 0.267 e. The Balaban J connectivity index is 3.51. The Hall–Kier alpha value is -0.390. The first-order valence-corrected chi connectivity index (χ1v) is 4.76. The van der Waals surface area contributed by atoms with Gasteiger partial charge >= 0.3 is 0 Å². The van der Waals surface area contributed by atoms with Crippen LogP contribution in [0.3, 0.4) is 0 Å². The molecular weight excluding hydrogens is 168 g/mol. The van der Waals surface area contributed by atoms with Crippen LogP contribution in [0, 0.1) is 0 Å². The van der Waals surface area contributed by atoms with Gasteiger partial charge in [-0.15, -0.1) is 6.58 Å². The van der Waals surface area contributed by atoms with E-state index in [0.29, 0.717) is 0 Å². The van der Waals surface area contributed by atoms with Crippen LogP contribution in [0.15, 0.2) is 12.7 Å². The number of rotatable bonds is 5. The highest BCUT2D eigenvalue weighted by molar-refractivity contribution is 7.85. The molecule has 1 N–H and O–H groups in total. The van der Waals surface area contributed by atoms with Crippen molar-refractivity contribution < 1.29 is 17.7 Å². The van der Waals surface area contributed by atoms with Gasteiger partial charge in [-0.05, 0) is 6.92 Å². The predicted molar refractivity (Wildman–Crippen MR) is 42.0 cm³/mol. The lowest BCUT2D eigenvalue weighted by molar-refractivity contribution is 0.110. The van der Waals surface area contributed by atoms with Gasteiger partial charge in [-0.1, -0.05) is 6.08 Å². The highest BCUT2D eigenvalue weighted by atomic mass is 32.2. The monoisotopic (exact) mass is 180 g/mol. The normalized spacial score (nSPS) is 14.4. The van der Waals surface area contributed by atoms with Crippen molar-refractivity contribution >= 4 is 10.1 Å². The summed E-state index contributed by atoms with van der Waals surface area (Å²) >= 11 is 0. The van der Waals surface area contributed by atoms with Gasteiger partial charge in [0.2, 0.25) is 0 Å². The molecular formula is C6H12O4S. The minimum atomic E-state index is -3.89. The Bertz CT molecular complexity index is 207. The lowest BCUT2D eigenvalue weighted by Gasteiger charge is -2.05. The quantitative estimate of drug-likeness (QED) is 0.493. The molecule has 0 aliphatic rings. The van der Waals surface area contributed by atoms with Crippen molar-refractivity contribution in [3.05, 3.63) is 12.7 Å². The second-order valence-corrected chi connectivity index (χ2v) is 3.67. The van der Waals surface area contributed by atoms with Crippen LogP contribution in [0.2, 0.25) is 0 Å². The highest BCUT2D eigenvalue weighted by Crippen LogP contribution is 1.91. The molecule has 0 aromatic heterocycles. The fourth-order valence-corrected chi connectivity index (χ4v) is 0.714. The van der Waals surface area contributed by atoms with Crippen LogP contribution in [-0.2, 0) is 14.9 Å². The molecule has 0 bridgehead atoms. The minimum absolute atomic E-state index is 0.00792. The zero-order chi connectivity index (χ0) is 8.91. The molecule has 0 heterocycles. The summed E-state index contributed by atoms with van der Waals surface area (Å²) in [5, 5.41) is 0. The Morgan fingerprint density at radius 3 is 2.64 bits per heavy atom. The number of hydrogen-bond donors (Lipinski definition) is 1. The molecule has 0 aromatic rings. The average molecular weight is 180 g/mol. The zero-order valence-corrected chi connectivity index (χ0v) is 7.17. The molecule has 0 aromatic carbocycles. The van der Waals surface area contributed by atoms with Crippen molar-refractivity contribution in [2.45, 2.75) is 13.0 Å². The molecule has 11 heavy (non-hydrogen) atoms. The third-order valence-electron chi connectivity index (χ3n) is 1.05. The average Bonchev–Trinajstić information content (AvgIpc) is 1.85. The van der Waals surface area contributed by atoms with E-state index in [1.165, 1.54) is 0 Å². The van der Waals surface area contributed by atoms with E-state index >= 15 is 0 Å². The van der Waals surface area contributed by atoms with Gasteiger partial charge in [0, 0.05) is 0 Å². The van der Waals surface area contributed by atoms with Gasteiger partial charge in [0.1, 0.15) is 0 Å². The van der Waals surface area contributed by atoms with E-state index in [0.717, 1.165) is 0 Å². The molecule has 1 atom stereocenters. The molecule has 0 fully saturated rings. The largest absolute Gasteiger partial charge is 0.373 e. The Labute approximate surface area is 66.6 Å². The Morgan fingerprint density at radius 1 is 1.73 bits per heavy atom. The van der Waals surface area contributed by atoms with Gasteiger partial charge in [0.05, 0.1) is 18.5 Å². The molecule has 4 nitrogen and oxygen atoms in total. The topological polar surface area (TPSA) is 63.6 Å². The van der Waals surface area contributed by atoms with Crippen molar-refractivity contribution in [1.29, 1.82) is 0 Å². The van der Waals surface area contributed by atoms with E-state index in [1.807, 2.05) is 0 Å². The number of hydrogen-bond acceptors (Lipinski definition) is 3. The van der Waals surface area contributed by atoms with Crippen molar-refractivity contribution in [2.75, 3.05) is 12.4 Å². The van der Waals surface area contributed by atoms with Crippen molar-refractivity contribution in [3.63, 3.8) is 0 Å². The van der Waals surface area contributed by atoms with Crippen LogP contribution in [0.1, 0.15) is 6.92 Å². The molecule has 0 saturated heterocycles. The maximum atomic E-state index is 10.2. The van der Waals surface area contributed by atoms with Crippen molar-refractivity contribution in [2.24, 2.45) is 0 Å². The Morgan fingerprint density at radius 2 is 2.27 bits per heavy atom. The summed E-state index contributed by atoms with van der Waals surface area (Å²) in [6.07, 6.45) is 1.36. The van der Waals surface area contributed by atoms with Crippen LogP contribution in [0.25, 0.3) is 0 Å². The molecule has 0 aliphatic heterocycles. The van der Waals surface area contributed by atoms with E-state index in [9.17, 15) is 8.42 Å². The van der Waals surface area contributed by atoms with Gasteiger partial charge in [-0.25, -0.2) is 0 Å². The first-order valence-electron chi connectivity index (χ1n) is 3.15. The summed E-state index contributed by atoms with van der Waals surface area (Å²) in [6.45, 7) is 5.16. The van der Waals surface area contributed by atoms with Crippen LogP contribution in [-0.4, -0.2) is 31.4 Å². The van der Waals surface area contributed by atoms with Gasteiger partial charge in [0.15, 0.2) is 0 Å². The van der Waals surface area contributed by atoms with Crippen LogP contribution < -0.4 is 0 Å². The minimum Gasteiger partial charge on any atom is -0.373 e. The summed E-state index contributed by atoms with van der Waals surface area (Å²) in [6, 6.07) is 0. The third kappa shape index (κ3) is 7.51. The molecule has 0 radical (unpaired) electrons. The van der Waals surface area contributed by atoms with Crippen LogP contribution in [0.4, 0.5) is 0 Å². The van der Waals surface area contributed by atoms with Gasteiger partial charge in [-0.3, -0.25) is 4.55 Å². The van der Waals surface area contributed by atoms with Crippen LogP contribution in [0.5, 0.6) is 0 Å². The molecule has 66 valence electrons. The molecule has 1 unspecified atom stereocenters. The lowest BCUT2D eigenvalue weighted by Crippen LogP contribution is -2.14. The fraction of sp³-hybridized carbons (Fsp3) is 0.667. The smallest absolute Gasteiger partial charge is 0.267 e.